The molecule has 0 bridgehead atoms. The number of aryl methyl sites for hydroxylation is 1. The Morgan fingerprint density at radius 2 is 1.15 bits per heavy atom. The van der Waals surface area contributed by atoms with Crippen LogP contribution in [0.25, 0.3) is 11.1 Å². The van der Waals surface area contributed by atoms with Crippen molar-refractivity contribution >= 4 is 5.97 Å². The number of hydrogen-bond donors (Lipinski definition) is 0. The molecule has 3 heteroatoms. The van der Waals surface area contributed by atoms with Gasteiger partial charge in [-0.05, 0) is 72.7 Å². The zero-order chi connectivity index (χ0) is 28.4. The Morgan fingerprint density at radius 3 is 1.73 bits per heavy atom. The van der Waals surface area contributed by atoms with Gasteiger partial charge < -0.3 is 9.47 Å². The Balaban J connectivity index is 1.39. The summed E-state index contributed by atoms with van der Waals surface area (Å²) in [6, 6.07) is 24.1. The topological polar surface area (TPSA) is 35.5 Å². The van der Waals surface area contributed by atoms with Crippen LogP contribution in [0.15, 0.2) is 72.8 Å². The Bertz CT molecular complexity index is 1080. The van der Waals surface area contributed by atoms with Crippen LogP contribution in [0.2, 0.25) is 0 Å². The van der Waals surface area contributed by atoms with Crippen LogP contribution in [0, 0.1) is 0 Å². The van der Waals surface area contributed by atoms with Crippen molar-refractivity contribution in [2.45, 2.75) is 110 Å². The van der Waals surface area contributed by atoms with E-state index in [-0.39, 0.29) is 12.1 Å². The third-order valence-electron chi connectivity index (χ3n) is 7.65. The zero-order valence-corrected chi connectivity index (χ0v) is 25.1. The van der Waals surface area contributed by atoms with E-state index in [2.05, 4.69) is 38.1 Å². The maximum atomic E-state index is 12.7. The van der Waals surface area contributed by atoms with Crippen molar-refractivity contribution < 1.29 is 14.3 Å². The molecule has 0 saturated heterocycles. The molecule has 0 N–H and O–H groups in total. The van der Waals surface area contributed by atoms with Gasteiger partial charge in [-0.1, -0.05) is 127 Å². The second kappa shape index (κ2) is 18.4. The quantitative estimate of drug-likeness (QED) is 0.0858. The first-order chi connectivity index (χ1) is 19.6. The predicted molar refractivity (Wildman–Crippen MR) is 168 cm³/mol. The molecule has 0 aliphatic carbocycles. The first-order valence-electron chi connectivity index (χ1n) is 15.7. The van der Waals surface area contributed by atoms with E-state index in [1.807, 2.05) is 55.5 Å². The minimum absolute atomic E-state index is 0.0256. The number of unbranched alkanes of at least 4 members (excludes halogenated alkanes) is 10. The van der Waals surface area contributed by atoms with Crippen LogP contribution in [-0.4, -0.2) is 12.6 Å². The Hall–Kier alpha value is -2.91. The Kier molecular flexibility index (Phi) is 14.6. The van der Waals surface area contributed by atoms with Crippen molar-refractivity contribution in [1.82, 2.24) is 0 Å². The highest BCUT2D eigenvalue weighted by atomic mass is 16.5. The Labute approximate surface area is 243 Å². The first kappa shape index (κ1) is 31.6. The summed E-state index contributed by atoms with van der Waals surface area (Å²) in [6.07, 6.45) is 17.0. The summed E-state index contributed by atoms with van der Waals surface area (Å²) in [5.41, 5.74) is 5.29. The van der Waals surface area contributed by atoms with Crippen molar-refractivity contribution in [3.8, 4) is 16.9 Å². The summed E-state index contributed by atoms with van der Waals surface area (Å²) in [4.78, 5) is 12.7. The van der Waals surface area contributed by atoms with E-state index in [1.165, 1.54) is 69.8 Å². The van der Waals surface area contributed by atoms with E-state index >= 15 is 0 Å². The number of esters is 1. The molecule has 0 heterocycles. The van der Waals surface area contributed by atoms with Gasteiger partial charge in [-0.25, -0.2) is 4.79 Å². The van der Waals surface area contributed by atoms with Gasteiger partial charge in [-0.2, -0.15) is 0 Å². The smallest absolute Gasteiger partial charge is 0.343 e. The number of rotatable bonds is 19. The van der Waals surface area contributed by atoms with Gasteiger partial charge in [0.1, 0.15) is 5.75 Å². The van der Waals surface area contributed by atoms with Gasteiger partial charge in [0.25, 0.3) is 0 Å². The molecule has 0 radical (unpaired) electrons. The summed E-state index contributed by atoms with van der Waals surface area (Å²) < 4.78 is 11.5. The van der Waals surface area contributed by atoms with Crippen LogP contribution < -0.4 is 4.74 Å². The lowest BCUT2D eigenvalue weighted by molar-refractivity contribution is 0.0636. The van der Waals surface area contributed by atoms with E-state index < -0.39 is 0 Å². The molecule has 0 saturated carbocycles. The maximum absolute atomic E-state index is 12.7. The lowest BCUT2D eigenvalue weighted by Crippen LogP contribution is -2.08. The fourth-order valence-corrected chi connectivity index (χ4v) is 4.95. The van der Waals surface area contributed by atoms with Crippen molar-refractivity contribution in [2.24, 2.45) is 0 Å². The average molecular weight is 543 g/mol. The van der Waals surface area contributed by atoms with E-state index in [9.17, 15) is 4.79 Å². The highest BCUT2D eigenvalue weighted by molar-refractivity contribution is 5.91. The molecule has 0 spiro atoms. The molecule has 3 aromatic carbocycles. The monoisotopic (exact) mass is 542 g/mol. The molecule has 0 aliphatic heterocycles. The van der Waals surface area contributed by atoms with Crippen LogP contribution in [0.3, 0.4) is 0 Å². The van der Waals surface area contributed by atoms with Crippen molar-refractivity contribution in [1.29, 1.82) is 0 Å². The largest absolute Gasteiger partial charge is 0.423 e. The maximum Gasteiger partial charge on any atom is 0.343 e. The first-order valence-corrected chi connectivity index (χ1v) is 15.7. The molecule has 0 fully saturated rings. The van der Waals surface area contributed by atoms with Crippen LogP contribution in [0.4, 0.5) is 0 Å². The normalized spacial score (nSPS) is 11.9. The summed E-state index contributed by atoms with van der Waals surface area (Å²) in [7, 11) is 0. The molecular formula is C37H50O3. The van der Waals surface area contributed by atoms with Crippen molar-refractivity contribution in [3.63, 3.8) is 0 Å². The molecular weight excluding hydrogens is 492 g/mol. The fraction of sp³-hybridized carbons (Fsp3) is 0.486. The van der Waals surface area contributed by atoms with Gasteiger partial charge in [0.05, 0.1) is 11.7 Å². The number of hydrogen-bond acceptors (Lipinski definition) is 3. The Morgan fingerprint density at radius 1 is 0.625 bits per heavy atom. The van der Waals surface area contributed by atoms with Crippen LogP contribution in [0.1, 0.15) is 125 Å². The summed E-state index contributed by atoms with van der Waals surface area (Å²) in [6.45, 7) is 7.24. The van der Waals surface area contributed by atoms with Gasteiger partial charge in [0.15, 0.2) is 0 Å². The number of ether oxygens (including phenoxy) is 2. The van der Waals surface area contributed by atoms with E-state index in [1.54, 1.807) is 0 Å². The molecule has 40 heavy (non-hydrogen) atoms. The molecule has 216 valence electrons. The molecule has 0 amide bonds. The number of benzene rings is 3. The highest BCUT2D eigenvalue weighted by Crippen LogP contribution is 2.24. The third kappa shape index (κ3) is 11.3. The minimum Gasteiger partial charge on any atom is -0.423 e. The highest BCUT2D eigenvalue weighted by Gasteiger charge is 2.11. The van der Waals surface area contributed by atoms with E-state index in [0.717, 1.165) is 42.6 Å². The second-order valence-corrected chi connectivity index (χ2v) is 11.0. The summed E-state index contributed by atoms with van der Waals surface area (Å²) in [5, 5.41) is 0. The second-order valence-electron chi connectivity index (χ2n) is 11.0. The molecule has 0 aromatic heterocycles. The molecule has 3 rings (SSSR count). The van der Waals surface area contributed by atoms with E-state index in [0.29, 0.717) is 11.3 Å². The molecule has 3 nitrogen and oxygen atoms in total. The van der Waals surface area contributed by atoms with Crippen LogP contribution in [-0.2, 0) is 11.2 Å². The lowest BCUT2D eigenvalue weighted by atomic mass is 10.00. The predicted octanol–water partition coefficient (Wildman–Crippen LogP) is 10.9. The van der Waals surface area contributed by atoms with Gasteiger partial charge in [-0.3, -0.25) is 0 Å². The standard InChI is InChI=1S/C37H50O3/c1-4-6-8-9-10-11-12-13-14-15-16-31-17-19-33(20-18-31)34-21-23-35(24-22-34)37(38)40-36-27-25-32(26-28-36)30(3)39-29-7-5-2/h17-28,30H,4-16,29H2,1-3H3. The summed E-state index contributed by atoms with van der Waals surface area (Å²) in [5.74, 6) is 0.190. The van der Waals surface area contributed by atoms with E-state index in [4.69, 9.17) is 9.47 Å². The minimum atomic E-state index is -0.349. The van der Waals surface area contributed by atoms with Gasteiger partial charge in [-0.15, -0.1) is 0 Å². The fourth-order valence-electron chi connectivity index (χ4n) is 4.95. The molecule has 1 atom stereocenters. The van der Waals surface area contributed by atoms with Gasteiger partial charge in [0, 0.05) is 6.61 Å². The van der Waals surface area contributed by atoms with Crippen molar-refractivity contribution in [2.75, 3.05) is 6.61 Å². The van der Waals surface area contributed by atoms with Gasteiger partial charge in [0.2, 0.25) is 0 Å². The molecule has 1 unspecified atom stereocenters. The lowest BCUT2D eigenvalue weighted by Gasteiger charge is -2.13. The van der Waals surface area contributed by atoms with Crippen LogP contribution in [0.5, 0.6) is 5.75 Å². The van der Waals surface area contributed by atoms with Crippen molar-refractivity contribution in [3.05, 3.63) is 89.5 Å². The summed E-state index contributed by atoms with van der Waals surface area (Å²) >= 11 is 0. The number of carbonyl (C=O) groups is 1. The molecule has 0 aliphatic rings. The zero-order valence-electron chi connectivity index (χ0n) is 25.1. The van der Waals surface area contributed by atoms with Crippen LogP contribution >= 0.6 is 0 Å². The van der Waals surface area contributed by atoms with Gasteiger partial charge >= 0.3 is 5.97 Å². The molecule has 3 aromatic rings. The number of carbonyl (C=O) groups excluding carboxylic acids is 1. The third-order valence-corrected chi connectivity index (χ3v) is 7.65. The average Bonchev–Trinajstić information content (AvgIpc) is 2.99. The SMILES string of the molecule is CCCCCCCCCCCCc1ccc(-c2ccc(C(=O)Oc3ccc(C(C)OCCCC)cc3)cc2)cc1.